The van der Waals surface area contributed by atoms with Gasteiger partial charge in [-0.05, 0) is 48.2 Å². The van der Waals surface area contributed by atoms with Crippen LogP contribution in [0.1, 0.15) is 42.9 Å². The van der Waals surface area contributed by atoms with Crippen LogP contribution in [0.15, 0.2) is 41.5 Å². The van der Waals surface area contributed by atoms with Gasteiger partial charge in [-0.3, -0.25) is 20.0 Å². The van der Waals surface area contributed by atoms with E-state index in [9.17, 15) is 9.59 Å². The minimum Gasteiger partial charge on any atom is -0.481 e. The Kier molecular flexibility index (Phi) is 7.44. The van der Waals surface area contributed by atoms with Crippen LogP contribution >= 0.6 is 34.8 Å². The van der Waals surface area contributed by atoms with Crippen molar-refractivity contribution in [1.29, 1.82) is 0 Å². The fourth-order valence-corrected chi connectivity index (χ4v) is 4.94. The molecule has 0 bridgehead atoms. The Bertz CT molecular complexity index is 1100. The molecule has 1 amide bonds. The van der Waals surface area contributed by atoms with Gasteiger partial charge in [0.1, 0.15) is 5.71 Å². The Morgan fingerprint density at radius 3 is 2.45 bits per heavy atom. The second kappa shape index (κ2) is 10.3. The lowest BCUT2D eigenvalue weighted by atomic mass is 10.0. The third-order valence-corrected chi connectivity index (χ3v) is 6.59. The van der Waals surface area contributed by atoms with Gasteiger partial charge in [-0.25, -0.2) is 5.01 Å². The Morgan fingerprint density at radius 1 is 1.03 bits per heavy atom. The number of carboxylic acids is 1. The van der Waals surface area contributed by atoms with E-state index in [0.717, 1.165) is 37.9 Å². The summed E-state index contributed by atoms with van der Waals surface area (Å²) < 4.78 is 0. The van der Waals surface area contributed by atoms with Crippen LogP contribution in [0.5, 0.6) is 0 Å². The van der Waals surface area contributed by atoms with E-state index in [1.807, 2.05) is 11.1 Å². The summed E-state index contributed by atoms with van der Waals surface area (Å²) in [5, 5.41) is 18.6. The van der Waals surface area contributed by atoms with E-state index in [-0.39, 0.29) is 18.4 Å². The van der Waals surface area contributed by atoms with E-state index in [2.05, 4.69) is 10.5 Å². The van der Waals surface area contributed by atoms with Crippen LogP contribution in [0, 0.1) is 0 Å². The summed E-state index contributed by atoms with van der Waals surface area (Å²) >= 11 is 19.1. The minimum absolute atomic E-state index is 0.140. The highest BCUT2D eigenvalue weighted by Gasteiger charge is 2.35. The molecular weight excluding hydrogens is 487 g/mol. The molecule has 0 spiro atoms. The lowest BCUT2D eigenvalue weighted by Gasteiger charge is -2.26. The molecule has 0 saturated carbocycles. The van der Waals surface area contributed by atoms with E-state index in [1.54, 1.807) is 35.3 Å². The number of carbonyl (C=O) groups excluding carboxylic acids is 1. The first-order valence-electron chi connectivity index (χ1n) is 10.7. The van der Waals surface area contributed by atoms with Crippen LogP contribution in [0.3, 0.4) is 0 Å². The molecule has 2 heterocycles. The highest BCUT2D eigenvalue weighted by atomic mass is 35.5. The molecule has 1 fully saturated rings. The van der Waals surface area contributed by atoms with E-state index >= 15 is 0 Å². The molecule has 1 atom stereocenters. The average Bonchev–Trinajstić information content (AvgIpc) is 3.19. The van der Waals surface area contributed by atoms with Gasteiger partial charge in [0.15, 0.2) is 0 Å². The number of amides is 1. The number of rotatable bonds is 6. The molecule has 2 aromatic carbocycles. The number of aliphatic carboxylic acids is 1. The second-order valence-corrected chi connectivity index (χ2v) is 9.37. The number of hydrazone groups is 1. The number of hydrogen-bond acceptors (Lipinski definition) is 5. The largest absolute Gasteiger partial charge is 0.481 e. The van der Waals surface area contributed by atoms with Crippen molar-refractivity contribution in [2.45, 2.75) is 38.1 Å². The molecule has 7 nitrogen and oxygen atoms in total. The smallest absolute Gasteiger partial charge is 0.307 e. The molecule has 174 valence electrons. The number of nitrogens with zero attached hydrogens (tertiary/aromatic N) is 3. The van der Waals surface area contributed by atoms with Crippen LogP contribution in [-0.4, -0.2) is 40.8 Å². The normalized spacial score (nSPS) is 18.8. The van der Waals surface area contributed by atoms with Gasteiger partial charge in [-0.15, -0.1) is 0 Å². The average molecular weight is 510 g/mol. The lowest BCUT2D eigenvalue weighted by Crippen LogP contribution is -2.47. The summed E-state index contributed by atoms with van der Waals surface area (Å²) in [4.78, 5) is 24.1. The molecule has 0 aliphatic carbocycles. The van der Waals surface area contributed by atoms with Gasteiger partial charge in [0, 0.05) is 29.6 Å². The quantitative estimate of drug-likeness (QED) is 0.566. The predicted molar refractivity (Wildman–Crippen MR) is 130 cm³/mol. The molecule has 2 aliphatic heterocycles. The number of benzene rings is 2. The molecule has 2 N–H and O–H groups in total. The lowest BCUT2D eigenvalue weighted by molar-refractivity contribution is -0.136. The third kappa shape index (κ3) is 5.61. The van der Waals surface area contributed by atoms with Gasteiger partial charge in [-0.2, -0.15) is 5.10 Å². The topological polar surface area (TPSA) is 85.2 Å². The number of anilines is 1. The van der Waals surface area contributed by atoms with Crippen LogP contribution in [0.4, 0.5) is 5.69 Å². The molecular formula is C23H23Cl3N4O3. The summed E-state index contributed by atoms with van der Waals surface area (Å²) in [5.74, 6) is -1.20. The third-order valence-electron chi connectivity index (χ3n) is 5.72. The Labute approximate surface area is 206 Å². The number of carboxylic acid groups (broad SMARTS) is 1. The van der Waals surface area contributed by atoms with E-state index in [4.69, 9.17) is 39.9 Å². The van der Waals surface area contributed by atoms with E-state index in [1.165, 1.54) is 0 Å². The maximum absolute atomic E-state index is 13.0. The summed E-state index contributed by atoms with van der Waals surface area (Å²) in [6, 6.07) is 9.84. The van der Waals surface area contributed by atoms with Crippen molar-refractivity contribution in [3.8, 4) is 0 Å². The molecule has 1 unspecified atom stereocenters. The fraction of sp³-hybridized carbons (Fsp3) is 0.348. The SMILES string of the molecule is O=C(O)Cc1ccc(N2N=C(C(=O)NN3CCCCC3)CC2c2ccc(Cl)cc2Cl)c(Cl)c1. The maximum atomic E-state index is 13.0. The predicted octanol–water partition coefficient (Wildman–Crippen LogP) is 5.10. The van der Waals surface area contributed by atoms with Crippen LogP contribution < -0.4 is 10.4 Å². The molecule has 0 radical (unpaired) electrons. The van der Waals surface area contributed by atoms with Gasteiger partial charge < -0.3 is 5.11 Å². The van der Waals surface area contributed by atoms with Gasteiger partial charge in [0.05, 0.1) is 23.2 Å². The van der Waals surface area contributed by atoms with Gasteiger partial charge in [0.25, 0.3) is 5.91 Å². The van der Waals surface area contributed by atoms with Crippen molar-refractivity contribution >= 4 is 58.1 Å². The van der Waals surface area contributed by atoms with Crippen LogP contribution in [0.2, 0.25) is 15.1 Å². The molecule has 1 saturated heterocycles. The van der Waals surface area contributed by atoms with Gasteiger partial charge in [0.2, 0.25) is 0 Å². The number of carbonyl (C=O) groups is 2. The summed E-state index contributed by atoms with van der Waals surface area (Å²) in [7, 11) is 0. The summed E-state index contributed by atoms with van der Waals surface area (Å²) in [6.45, 7) is 1.62. The van der Waals surface area contributed by atoms with Crippen molar-refractivity contribution in [2.75, 3.05) is 18.1 Å². The molecule has 0 aromatic heterocycles. The number of hydrogen-bond donors (Lipinski definition) is 2. The molecule has 10 heteroatoms. The van der Waals surface area contributed by atoms with Gasteiger partial charge >= 0.3 is 5.97 Å². The highest BCUT2D eigenvalue weighted by molar-refractivity contribution is 6.40. The molecule has 2 aromatic rings. The first kappa shape index (κ1) is 23.8. The second-order valence-electron chi connectivity index (χ2n) is 8.12. The highest BCUT2D eigenvalue weighted by Crippen LogP contribution is 2.41. The van der Waals surface area contributed by atoms with Crippen molar-refractivity contribution in [1.82, 2.24) is 10.4 Å². The van der Waals surface area contributed by atoms with E-state index < -0.39 is 5.97 Å². The van der Waals surface area contributed by atoms with Crippen molar-refractivity contribution in [2.24, 2.45) is 5.10 Å². The summed E-state index contributed by atoms with van der Waals surface area (Å²) in [6.07, 6.45) is 3.43. The van der Waals surface area contributed by atoms with Crippen molar-refractivity contribution in [3.05, 3.63) is 62.6 Å². The molecule has 2 aliphatic rings. The van der Waals surface area contributed by atoms with Gasteiger partial charge in [-0.1, -0.05) is 53.4 Å². The number of piperidine rings is 1. The summed E-state index contributed by atoms with van der Waals surface area (Å²) in [5.41, 5.74) is 5.21. The number of halogens is 3. The zero-order chi connectivity index (χ0) is 23.5. The van der Waals surface area contributed by atoms with Crippen molar-refractivity contribution < 1.29 is 14.7 Å². The number of hydrazine groups is 1. The van der Waals surface area contributed by atoms with Crippen LogP contribution in [-0.2, 0) is 16.0 Å². The minimum atomic E-state index is -0.944. The first-order chi connectivity index (χ1) is 15.8. The Balaban J connectivity index is 1.66. The van der Waals surface area contributed by atoms with E-state index in [0.29, 0.717) is 38.5 Å². The fourth-order valence-electron chi connectivity index (χ4n) is 4.12. The molecule has 4 rings (SSSR count). The Hall–Kier alpha value is -2.32. The monoisotopic (exact) mass is 508 g/mol. The zero-order valence-electron chi connectivity index (χ0n) is 17.7. The first-order valence-corrected chi connectivity index (χ1v) is 11.8. The Morgan fingerprint density at radius 2 is 1.79 bits per heavy atom. The van der Waals surface area contributed by atoms with Crippen LogP contribution in [0.25, 0.3) is 0 Å². The number of nitrogens with one attached hydrogen (secondary N) is 1. The van der Waals surface area contributed by atoms with Crippen molar-refractivity contribution in [3.63, 3.8) is 0 Å². The standard InChI is InChI=1S/C23H23Cl3N4O3/c24-15-5-6-16(17(25)12-15)21-13-19(23(33)28-29-8-2-1-3-9-29)27-30(21)20-7-4-14(10-18(20)26)11-22(31)32/h4-7,10,12,21H,1-3,8-9,11,13H2,(H,28,33)(H,31,32). The maximum Gasteiger partial charge on any atom is 0.307 e. The molecule has 33 heavy (non-hydrogen) atoms. The zero-order valence-corrected chi connectivity index (χ0v) is 20.0.